The molecule has 2 atom stereocenters. The Morgan fingerprint density at radius 2 is 2.29 bits per heavy atom. The fourth-order valence-electron chi connectivity index (χ4n) is 2.90. The predicted molar refractivity (Wildman–Crippen MR) is 89.9 cm³/mol. The standard InChI is InChI=1S/C16H21FN2O4S/c17-14-9-12(10-18)5-6-16(14)19(24(21)22)15-4-2-1-3-13(15)7-8-23-11-20/h3,5-6,9,11,15H,1-2,4,7-8,10,18H2,(H,21,22). The van der Waals surface area contributed by atoms with Crippen LogP contribution in [0, 0.1) is 5.82 Å². The third-order valence-electron chi connectivity index (χ3n) is 4.03. The van der Waals surface area contributed by atoms with Gasteiger partial charge in [0, 0.05) is 13.0 Å². The molecule has 0 saturated carbocycles. The maximum absolute atomic E-state index is 14.4. The largest absolute Gasteiger partial charge is 0.468 e. The van der Waals surface area contributed by atoms with E-state index in [1.807, 2.05) is 6.08 Å². The van der Waals surface area contributed by atoms with Gasteiger partial charge in [-0.15, -0.1) is 0 Å². The van der Waals surface area contributed by atoms with Crippen LogP contribution < -0.4 is 10.0 Å². The first kappa shape index (κ1) is 18.6. The van der Waals surface area contributed by atoms with Crippen LogP contribution in [0.1, 0.15) is 31.2 Å². The number of hydrogen-bond donors (Lipinski definition) is 2. The number of benzene rings is 1. The van der Waals surface area contributed by atoms with E-state index in [1.165, 1.54) is 16.4 Å². The minimum Gasteiger partial charge on any atom is -0.468 e. The molecular weight excluding hydrogens is 335 g/mol. The second-order valence-corrected chi connectivity index (χ2v) is 6.34. The Kier molecular flexibility index (Phi) is 6.89. The van der Waals surface area contributed by atoms with Gasteiger partial charge in [0.05, 0.1) is 18.3 Å². The number of carbonyl (C=O) groups is 1. The van der Waals surface area contributed by atoms with E-state index in [-0.39, 0.29) is 18.8 Å². The first-order chi connectivity index (χ1) is 11.6. The summed E-state index contributed by atoms with van der Waals surface area (Å²) in [5.74, 6) is -0.589. The number of nitrogens with two attached hydrogens (primary N) is 1. The van der Waals surface area contributed by atoms with E-state index >= 15 is 0 Å². The predicted octanol–water partition coefficient (Wildman–Crippen LogP) is 2.27. The third kappa shape index (κ3) is 4.40. The lowest BCUT2D eigenvalue weighted by molar-refractivity contribution is -0.128. The summed E-state index contributed by atoms with van der Waals surface area (Å²) in [4.78, 5) is 10.3. The number of anilines is 1. The molecule has 1 aliphatic rings. The van der Waals surface area contributed by atoms with Gasteiger partial charge in [-0.3, -0.25) is 13.7 Å². The molecule has 8 heteroatoms. The van der Waals surface area contributed by atoms with Gasteiger partial charge in [-0.25, -0.2) is 8.60 Å². The van der Waals surface area contributed by atoms with Gasteiger partial charge in [0.25, 0.3) is 17.7 Å². The van der Waals surface area contributed by atoms with Gasteiger partial charge in [0.1, 0.15) is 5.82 Å². The fourth-order valence-corrected chi connectivity index (χ4v) is 3.67. The Morgan fingerprint density at radius 3 is 2.92 bits per heavy atom. The van der Waals surface area contributed by atoms with Gasteiger partial charge in [-0.1, -0.05) is 12.1 Å². The summed E-state index contributed by atoms with van der Waals surface area (Å²) in [5.41, 5.74) is 7.03. The monoisotopic (exact) mass is 356 g/mol. The van der Waals surface area contributed by atoms with Crippen LogP contribution in [-0.4, -0.2) is 27.9 Å². The molecule has 24 heavy (non-hydrogen) atoms. The van der Waals surface area contributed by atoms with Crippen LogP contribution in [0.3, 0.4) is 0 Å². The van der Waals surface area contributed by atoms with E-state index in [0.717, 1.165) is 18.4 Å². The Balaban J connectivity index is 2.31. The van der Waals surface area contributed by atoms with Crippen molar-refractivity contribution < 1.29 is 22.7 Å². The highest BCUT2D eigenvalue weighted by Crippen LogP contribution is 2.32. The van der Waals surface area contributed by atoms with E-state index < -0.39 is 23.1 Å². The normalized spacial score (nSPS) is 18.6. The highest BCUT2D eigenvalue weighted by Gasteiger charge is 2.30. The number of allylic oxidation sites excluding steroid dienone is 1. The molecule has 0 amide bonds. The first-order valence-corrected chi connectivity index (χ1v) is 8.77. The maximum Gasteiger partial charge on any atom is 0.293 e. The molecule has 6 nitrogen and oxygen atoms in total. The van der Waals surface area contributed by atoms with Gasteiger partial charge >= 0.3 is 0 Å². The number of hydrogen-bond acceptors (Lipinski definition) is 4. The molecular formula is C16H21FN2O4S. The third-order valence-corrected chi connectivity index (χ3v) is 4.82. The van der Waals surface area contributed by atoms with Gasteiger partial charge in [-0.2, -0.15) is 0 Å². The van der Waals surface area contributed by atoms with E-state index in [4.69, 9.17) is 10.5 Å². The average Bonchev–Trinajstić information content (AvgIpc) is 2.57. The van der Waals surface area contributed by atoms with E-state index in [0.29, 0.717) is 24.9 Å². The van der Waals surface area contributed by atoms with Crippen LogP contribution >= 0.6 is 0 Å². The molecule has 1 aromatic carbocycles. The van der Waals surface area contributed by atoms with Crippen LogP contribution in [0.5, 0.6) is 0 Å². The number of ether oxygens (including phenoxy) is 1. The summed E-state index contributed by atoms with van der Waals surface area (Å²) in [6.07, 6.45) is 4.71. The molecule has 0 aliphatic heterocycles. The van der Waals surface area contributed by atoms with Crippen LogP contribution in [0.25, 0.3) is 0 Å². The summed E-state index contributed by atoms with van der Waals surface area (Å²) in [5, 5.41) is 0. The van der Waals surface area contributed by atoms with Gasteiger partial charge < -0.3 is 10.5 Å². The molecule has 2 unspecified atom stereocenters. The quantitative estimate of drug-likeness (QED) is 0.323. The lowest BCUT2D eigenvalue weighted by Crippen LogP contribution is -2.40. The highest BCUT2D eigenvalue weighted by atomic mass is 32.2. The summed E-state index contributed by atoms with van der Waals surface area (Å²) in [6, 6.07) is 3.97. The van der Waals surface area contributed by atoms with Crippen molar-refractivity contribution in [2.24, 2.45) is 5.73 Å². The minimum atomic E-state index is -2.39. The Morgan fingerprint density at radius 1 is 1.50 bits per heavy atom. The van der Waals surface area contributed by atoms with Crippen molar-refractivity contribution in [2.75, 3.05) is 10.9 Å². The first-order valence-electron chi connectivity index (χ1n) is 7.71. The lowest BCUT2D eigenvalue weighted by atomic mass is 9.91. The van der Waals surface area contributed by atoms with Crippen molar-refractivity contribution in [3.63, 3.8) is 0 Å². The number of halogens is 1. The van der Waals surface area contributed by atoms with E-state index in [1.54, 1.807) is 6.07 Å². The molecule has 1 aromatic rings. The molecule has 3 N–H and O–H groups in total. The second kappa shape index (κ2) is 8.91. The molecule has 0 bridgehead atoms. The lowest BCUT2D eigenvalue weighted by Gasteiger charge is -2.34. The highest BCUT2D eigenvalue weighted by molar-refractivity contribution is 7.80. The van der Waals surface area contributed by atoms with Crippen LogP contribution in [-0.2, 0) is 27.3 Å². The maximum atomic E-state index is 14.4. The van der Waals surface area contributed by atoms with E-state index in [2.05, 4.69) is 0 Å². The van der Waals surface area contributed by atoms with Crippen molar-refractivity contribution in [3.05, 3.63) is 41.2 Å². The van der Waals surface area contributed by atoms with Crippen molar-refractivity contribution in [2.45, 2.75) is 38.3 Å². The zero-order chi connectivity index (χ0) is 17.5. The van der Waals surface area contributed by atoms with Gasteiger partial charge in [-0.05, 0) is 42.5 Å². The molecule has 0 spiro atoms. The molecule has 1 aliphatic carbocycles. The Labute approximate surface area is 142 Å². The topological polar surface area (TPSA) is 92.9 Å². The van der Waals surface area contributed by atoms with Crippen molar-refractivity contribution in [3.8, 4) is 0 Å². The van der Waals surface area contributed by atoms with Crippen LogP contribution in [0.15, 0.2) is 29.8 Å². The van der Waals surface area contributed by atoms with E-state index in [9.17, 15) is 17.9 Å². The molecule has 132 valence electrons. The molecule has 0 heterocycles. The Bertz CT molecular complexity index is 639. The number of rotatable bonds is 8. The average molecular weight is 356 g/mol. The molecule has 0 radical (unpaired) electrons. The van der Waals surface area contributed by atoms with Crippen LogP contribution in [0.4, 0.5) is 10.1 Å². The van der Waals surface area contributed by atoms with Gasteiger partial charge in [0.15, 0.2) is 0 Å². The minimum absolute atomic E-state index is 0.0575. The summed E-state index contributed by atoms with van der Waals surface area (Å²) < 4.78 is 42.0. The zero-order valence-corrected chi connectivity index (χ0v) is 14.0. The fraction of sp³-hybridized carbons (Fsp3) is 0.438. The Hall–Kier alpha value is -1.77. The van der Waals surface area contributed by atoms with Crippen LogP contribution in [0.2, 0.25) is 0 Å². The zero-order valence-electron chi connectivity index (χ0n) is 13.2. The summed E-state index contributed by atoms with van der Waals surface area (Å²) in [6.45, 7) is 0.745. The van der Waals surface area contributed by atoms with Crippen molar-refractivity contribution in [1.29, 1.82) is 0 Å². The number of carbonyl (C=O) groups excluding carboxylic acids is 1. The molecule has 0 aromatic heterocycles. The SMILES string of the molecule is NCc1ccc(N(C2CCCC=C2CCOC=O)S(=O)O)c(F)c1. The summed E-state index contributed by atoms with van der Waals surface area (Å²) >= 11 is -2.39. The van der Waals surface area contributed by atoms with Crippen molar-refractivity contribution in [1.82, 2.24) is 0 Å². The summed E-state index contributed by atoms with van der Waals surface area (Å²) in [7, 11) is 0. The molecule has 0 fully saturated rings. The smallest absolute Gasteiger partial charge is 0.293 e. The molecule has 2 rings (SSSR count). The second-order valence-electron chi connectivity index (χ2n) is 5.49. The van der Waals surface area contributed by atoms with Gasteiger partial charge in [0.2, 0.25) is 0 Å². The molecule has 0 saturated heterocycles. The van der Waals surface area contributed by atoms with Crippen molar-refractivity contribution >= 4 is 23.4 Å². The number of nitrogens with zero attached hydrogens (tertiary/aromatic N) is 1.